The molecule has 4 saturated carbocycles. The van der Waals surface area contributed by atoms with Crippen LogP contribution in [-0.4, -0.2) is 29.1 Å². The lowest BCUT2D eigenvalue weighted by Gasteiger charge is -2.62. The summed E-state index contributed by atoms with van der Waals surface area (Å²) in [5.41, 5.74) is -0.385. The molecule has 0 amide bonds. The van der Waals surface area contributed by atoms with E-state index in [4.69, 9.17) is 4.74 Å². The van der Waals surface area contributed by atoms with E-state index < -0.39 is 5.60 Å². The zero-order chi connectivity index (χ0) is 23.9. The normalized spacial score (nSPS) is 44.6. The first-order valence-electron chi connectivity index (χ1n) is 14.1. The summed E-state index contributed by atoms with van der Waals surface area (Å²) >= 11 is 0. The topological polar surface area (TPSA) is 63.6 Å². The molecular weight excluding hydrogens is 412 g/mol. The summed E-state index contributed by atoms with van der Waals surface area (Å²) in [5.74, 6) is 3.40. The number of aliphatic hydroxyl groups is 1. The first-order valence-corrected chi connectivity index (χ1v) is 14.1. The maximum absolute atomic E-state index is 12.3. The number of esters is 1. The van der Waals surface area contributed by atoms with Gasteiger partial charge in [-0.1, -0.05) is 40.5 Å². The van der Waals surface area contributed by atoms with Crippen molar-refractivity contribution >= 4 is 11.8 Å². The van der Waals surface area contributed by atoms with E-state index >= 15 is 0 Å². The first-order chi connectivity index (χ1) is 15.7. The van der Waals surface area contributed by atoms with E-state index in [2.05, 4.69) is 27.7 Å². The van der Waals surface area contributed by atoms with Crippen LogP contribution in [0, 0.1) is 40.4 Å². The van der Waals surface area contributed by atoms with Crippen LogP contribution in [0.2, 0.25) is 0 Å². The minimum absolute atomic E-state index is 0.0315. The Morgan fingerprint density at radius 2 is 1.79 bits per heavy atom. The number of carbonyl (C=O) groups is 2. The van der Waals surface area contributed by atoms with Gasteiger partial charge in [0.05, 0.1) is 12.2 Å². The molecule has 0 aliphatic heterocycles. The number of hydrogen-bond acceptors (Lipinski definition) is 4. The van der Waals surface area contributed by atoms with Crippen molar-refractivity contribution in [1.82, 2.24) is 0 Å². The predicted molar refractivity (Wildman–Crippen MR) is 131 cm³/mol. The van der Waals surface area contributed by atoms with Gasteiger partial charge < -0.3 is 9.84 Å². The Hall–Kier alpha value is -0.900. The SMILES string of the molecule is CCCCCC(=O)OCCC[C@]1(O)CC[C@H]2[C@@H]3CC[C@H]4CC(=O)C[C@H](C)[C@]4(C)[C@H]3CC[C@@]21C. The molecule has 1 N–H and O–H groups in total. The largest absolute Gasteiger partial charge is 0.466 e. The molecule has 0 spiro atoms. The second-order valence-electron chi connectivity index (χ2n) is 12.7. The fourth-order valence-electron chi connectivity index (χ4n) is 9.14. The number of hydrogen-bond donors (Lipinski definition) is 1. The number of ether oxygens (including phenoxy) is 1. The molecule has 4 aliphatic carbocycles. The van der Waals surface area contributed by atoms with Crippen molar-refractivity contribution < 1.29 is 19.4 Å². The fourth-order valence-corrected chi connectivity index (χ4v) is 9.14. The number of ketones is 1. The summed E-state index contributed by atoms with van der Waals surface area (Å²) in [6.45, 7) is 9.77. The van der Waals surface area contributed by atoms with Crippen molar-refractivity contribution in [1.29, 1.82) is 0 Å². The van der Waals surface area contributed by atoms with E-state index in [1.165, 1.54) is 19.3 Å². The van der Waals surface area contributed by atoms with Gasteiger partial charge in [0.25, 0.3) is 0 Å². The minimum atomic E-state index is -0.636. The lowest BCUT2D eigenvalue weighted by Crippen LogP contribution is -2.58. The monoisotopic (exact) mass is 460 g/mol. The number of fused-ring (bicyclic) bond motifs is 5. The van der Waals surface area contributed by atoms with Crippen LogP contribution >= 0.6 is 0 Å². The summed E-state index contributed by atoms with van der Waals surface area (Å²) in [7, 11) is 0. The zero-order valence-corrected chi connectivity index (χ0v) is 21.7. The van der Waals surface area contributed by atoms with Crippen LogP contribution in [0.3, 0.4) is 0 Å². The van der Waals surface area contributed by atoms with Crippen LogP contribution < -0.4 is 0 Å². The van der Waals surface area contributed by atoms with Gasteiger partial charge in [0.15, 0.2) is 0 Å². The van der Waals surface area contributed by atoms with Crippen LogP contribution in [0.4, 0.5) is 0 Å². The highest BCUT2D eigenvalue weighted by Gasteiger charge is 2.65. The highest BCUT2D eigenvalue weighted by Crippen LogP contribution is 2.69. The Kier molecular flexibility index (Phi) is 7.35. The Bertz CT molecular complexity index is 733. The molecular formula is C29H48O4. The van der Waals surface area contributed by atoms with Crippen molar-refractivity contribution in [3.05, 3.63) is 0 Å². The van der Waals surface area contributed by atoms with Crippen LogP contribution in [0.25, 0.3) is 0 Å². The van der Waals surface area contributed by atoms with Gasteiger partial charge in [0.2, 0.25) is 0 Å². The smallest absolute Gasteiger partial charge is 0.305 e. The maximum atomic E-state index is 12.3. The molecule has 4 aliphatic rings. The van der Waals surface area contributed by atoms with Crippen molar-refractivity contribution in [2.24, 2.45) is 40.4 Å². The predicted octanol–water partition coefficient (Wildman–Crippen LogP) is 6.48. The summed E-state index contributed by atoms with van der Waals surface area (Å²) in [6, 6.07) is 0. The summed E-state index contributed by atoms with van der Waals surface area (Å²) in [5, 5.41) is 11.9. The molecule has 0 saturated heterocycles. The molecule has 0 radical (unpaired) electrons. The summed E-state index contributed by atoms with van der Waals surface area (Å²) in [4.78, 5) is 24.2. The van der Waals surface area contributed by atoms with E-state index in [1.807, 2.05) is 0 Å². The molecule has 4 rings (SSSR count). The van der Waals surface area contributed by atoms with Crippen LogP contribution in [-0.2, 0) is 14.3 Å². The second kappa shape index (κ2) is 9.63. The Balaban J connectivity index is 1.38. The van der Waals surface area contributed by atoms with Crippen LogP contribution in [0.15, 0.2) is 0 Å². The average Bonchev–Trinajstić information content (AvgIpc) is 3.04. The standard InChI is InChI=1S/C29H48O4/c1-5-6-7-9-26(31)33-17-8-14-29(32)16-13-24-23-11-10-21-19-22(30)18-20(2)28(21,4)25(23)12-15-27(24,29)3/h20-21,23-25,32H,5-19H2,1-4H3/t20-,21-,23-,24-,25-,27-,28-,29-/m0/s1. The number of Topliss-reactive ketones (excluding diaryl/α,β-unsaturated/α-hetero) is 1. The van der Waals surface area contributed by atoms with Gasteiger partial charge in [0, 0.05) is 19.3 Å². The van der Waals surface area contributed by atoms with E-state index in [-0.39, 0.29) is 16.8 Å². The van der Waals surface area contributed by atoms with Gasteiger partial charge in [-0.2, -0.15) is 0 Å². The Morgan fingerprint density at radius 1 is 1.03 bits per heavy atom. The van der Waals surface area contributed by atoms with Crippen molar-refractivity contribution in [2.45, 2.75) is 123 Å². The highest BCUT2D eigenvalue weighted by atomic mass is 16.5. The maximum Gasteiger partial charge on any atom is 0.305 e. The van der Waals surface area contributed by atoms with Gasteiger partial charge in [-0.15, -0.1) is 0 Å². The molecule has 0 unspecified atom stereocenters. The van der Waals surface area contributed by atoms with E-state index in [9.17, 15) is 14.7 Å². The van der Waals surface area contributed by atoms with E-state index in [0.717, 1.165) is 64.2 Å². The highest BCUT2D eigenvalue weighted by molar-refractivity contribution is 5.80. The molecule has 4 heteroatoms. The third kappa shape index (κ3) is 4.32. The van der Waals surface area contributed by atoms with Crippen molar-refractivity contribution in [2.75, 3.05) is 6.61 Å². The number of unbranched alkanes of at least 4 members (excludes halogenated alkanes) is 2. The van der Waals surface area contributed by atoms with E-state index in [1.54, 1.807) is 0 Å². The lowest BCUT2D eigenvalue weighted by molar-refractivity contribution is -0.170. The first kappa shape index (κ1) is 25.2. The summed E-state index contributed by atoms with van der Waals surface area (Å²) < 4.78 is 5.46. The molecule has 4 nitrogen and oxygen atoms in total. The molecule has 33 heavy (non-hydrogen) atoms. The summed E-state index contributed by atoms with van der Waals surface area (Å²) in [6.07, 6.45) is 13.4. The minimum Gasteiger partial charge on any atom is -0.466 e. The molecule has 4 fully saturated rings. The van der Waals surface area contributed by atoms with Crippen LogP contribution in [0.1, 0.15) is 118 Å². The van der Waals surface area contributed by atoms with Gasteiger partial charge >= 0.3 is 5.97 Å². The third-order valence-corrected chi connectivity index (χ3v) is 11.3. The quantitative estimate of drug-likeness (QED) is 0.333. The molecule has 8 atom stereocenters. The van der Waals surface area contributed by atoms with Gasteiger partial charge in [0.1, 0.15) is 5.78 Å². The van der Waals surface area contributed by atoms with Crippen molar-refractivity contribution in [3.8, 4) is 0 Å². The molecule has 0 aromatic rings. The average molecular weight is 461 g/mol. The van der Waals surface area contributed by atoms with Crippen LogP contribution in [0.5, 0.6) is 0 Å². The zero-order valence-electron chi connectivity index (χ0n) is 21.7. The molecule has 0 heterocycles. The third-order valence-electron chi connectivity index (χ3n) is 11.3. The molecule has 0 bridgehead atoms. The molecule has 0 aromatic heterocycles. The molecule has 188 valence electrons. The van der Waals surface area contributed by atoms with Gasteiger partial charge in [-0.05, 0) is 98.2 Å². The Morgan fingerprint density at radius 3 is 2.55 bits per heavy atom. The number of carbonyl (C=O) groups excluding carboxylic acids is 2. The van der Waals surface area contributed by atoms with Gasteiger partial charge in [-0.25, -0.2) is 0 Å². The molecule has 0 aromatic carbocycles. The lowest BCUT2D eigenvalue weighted by atomic mass is 9.42. The van der Waals surface area contributed by atoms with E-state index in [0.29, 0.717) is 48.4 Å². The fraction of sp³-hybridized carbons (Fsp3) is 0.931. The van der Waals surface area contributed by atoms with Crippen molar-refractivity contribution in [3.63, 3.8) is 0 Å². The Labute approximate surface area is 201 Å². The number of rotatable bonds is 8. The second-order valence-corrected chi connectivity index (χ2v) is 12.7. The van der Waals surface area contributed by atoms with Gasteiger partial charge in [-0.3, -0.25) is 9.59 Å².